The van der Waals surface area contributed by atoms with Gasteiger partial charge in [0.25, 0.3) is 0 Å². The number of hydrogen-bond donors (Lipinski definition) is 0. The third kappa shape index (κ3) is 5.73. The average molecular weight is 422 g/mol. The van der Waals surface area contributed by atoms with Gasteiger partial charge in [0.1, 0.15) is 5.82 Å². The van der Waals surface area contributed by atoms with Crippen molar-refractivity contribution in [2.24, 2.45) is 5.92 Å². The second-order valence-corrected chi connectivity index (χ2v) is 7.14. The lowest BCUT2D eigenvalue weighted by molar-refractivity contribution is -0.141. The Morgan fingerprint density at radius 2 is 2.00 bits per heavy atom. The summed E-state index contributed by atoms with van der Waals surface area (Å²) >= 11 is 6.00. The minimum absolute atomic E-state index is 0.00371. The number of piperidine rings is 1. The normalized spacial score (nSPS) is 15.4. The number of alkyl halides is 3. The number of rotatable bonds is 6. The molecule has 0 unspecified atom stereocenters. The number of anilines is 1. The van der Waals surface area contributed by atoms with Gasteiger partial charge in [-0.2, -0.15) is 13.2 Å². The molecule has 156 valence electrons. The summed E-state index contributed by atoms with van der Waals surface area (Å²) in [6, 6.07) is 0.871. The van der Waals surface area contributed by atoms with Crippen molar-refractivity contribution in [1.29, 1.82) is 0 Å². The highest BCUT2D eigenvalue weighted by atomic mass is 35.5. The van der Waals surface area contributed by atoms with Crippen LogP contribution in [0.5, 0.6) is 0 Å². The van der Waals surface area contributed by atoms with Crippen molar-refractivity contribution >= 4 is 29.3 Å². The lowest BCUT2D eigenvalue weighted by Gasteiger charge is -2.34. The van der Waals surface area contributed by atoms with E-state index in [1.807, 2.05) is 0 Å². The van der Waals surface area contributed by atoms with Gasteiger partial charge in [-0.25, -0.2) is 4.98 Å². The van der Waals surface area contributed by atoms with Crippen LogP contribution in [0.1, 0.15) is 31.2 Å². The maximum Gasteiger partial charge on any atom is 0.417 e. The number of carbonyl (C=O) groups excluding carboxylic acids is 2. The zero-order valence-corrected chi connectivity index (χ0v) is 16.5. The molecule has 0 aromatic carbocycles. The molecular formula is C18H23ClF3N3O3. The third-order valence-corrected chi connectivity index (χ3v) is 5.05. The molecule has 1 fully saturated rings. The molecule has 28 heavy (non-hydrogen) atoms. The Bertz CT molecular complexity index is 707. The summed E-state index contributed by atoms with van der Waals surface area (Å²) in [5.41, 5.74) is -0.889. The first-order valence-corrected chi connectivity index (χ1v) is 9.30. The van der Waals surface area contributed by atoms with Gasteiger partial charge in [0.05, 0.1) is 17.7 Å². The maximum atomic E-state index is 12.7. The predicted molar refractivity (Wildman–Crippen MR) is 98.1 cm³/mol. The van der Waals surface area contributed by atoms with Crippen LogP contribution in [0.2, 0.25) is 5.02 Å². The zero-order valence-electron chi connectivity index (χ0n) is 15.8. The highest BCUT2D eigenvalue weighted by Crippen LogP contribution is 2.34. The molecule has 1 aliphatic rings. The van der Waals surface area contributed by atoms with Crippen molar-refractivity contribution < 1.29 is 27.5 Å². The molecule has 1 aliphatic heterocycles. The van der Waals surface area contributed by atoms with Gasteiger partial charge in [0.15, 0.2) is 0 Å². The van der Waals surface area contributed by atoms with Crippen LogP contribution in [0.15, 0.2) is 12.3 Å². The van der Waals surface area contributed by atoms with Crippen LogP contribution < -0.4 is 4.90 Å². The topological polar surface area (TPSA) is 62.7 Å². The molecule has 2 heterocycles. The summed E-state index contributed by atoms with van der Waals surface area (Å²) in [7, 11) is 3.02. The molecule has 0 aliphatic carbocycles. The summed E-state index contributed by atoms with van der Waals surface area (Å²) < 4.78 is 42.8. The average Bonchev–Trinajstić information content (AvgIpc) is 2.66. The zero-order chi connectivity index (χ0) is 20.9. The first-order chi connectivity index (χ1) is 13.1. The second-order valence-electron chi connectivity index (χ2n) is 6.73. The van der Waals surface area contributed by atoms with Gasteiger partial charge < -0.3 is 14.5 Å². The van der Waals surface area contributed by atoms with E-state index < -0.39 is 11.7 Å². The van der Waals surface area contributed by atoms with E-state index in [-0.39, 0.29) is 29.2 Å². The molecular weight excluding hydrogens is 399 g/mol. The number of ether oxygens (including phenoxy) is 1. The van der Waals surface area contributed by atoms with Crippen molar-refractivity contribution in [3.8, 4) is 0 Å². The molecule has 10 heteroatoms. The van der Waals surface area contributed by atoms with E-state index in [1.54, 1.807) is 16.8 Å². The van der Waals surface area contributed by atoms with Gasteiger partial charge >= 0.3 is 12.1 Å². The van der Waals surface area contributed by atoms with Crippen LogP contribution in [-0.2, 0) is 20.5 Å². The standard InChI is InChI=1S/C18H23ClF3N3O3/c1-24(7-3-4-15(26)28-2)17(27)12-5-8-25(9-6-12)16-14(19)10-13(11-23-16)18(20,21)22/h10-12H,3-9H2,1-2H3. The molecule has 2 rings (SSSR count). The minimum atomic E-state index is -4.49. The number of nitrogens with zero attached hydrogens (tertiary/aromatic N) is 3. The Hall–Kier alpha value is -2.03. The van der Waals surface area contributed by atoms with Gasteiger partial charge in [0, 0.05) is 45.2 Å². The quantitative estimate of drug-likeness (QED) is 0.659. The number of methoxy groups -OCH3 is 1. The van der Waals surface area contributed by atoms with Crippen LogP contribution in [0.4, 0.5) is 19.0 Å². The summed E-state index contributed by atoms with van der Waals surface area (Å²) in [6.07, 6.45) is -1.83. The Balaban J connectivity index is 1.88. The molecule has 1 saturated heterocycles. The first-order valence-electron chi connectivity index (χ1n) is 8.93. The van der Waals surface area contributed by atoms with E-state index in [4.69, 9.17) is 11.6 Å². The number of amides is 1. The van der Waals surface area contributed by atoms with Crippen molar-refractivity contribution in [3.05, 3.63) is 22.8 Å². The summed E-state index contributed by atoms with van der Waals surface area (Å²) in [5.74, 6) is -0.189. The van der Waals surface area contributed by atoms with E-state index >= 15 is 0 Å². The molecule has 0 atom stereocenters. The molecule has 1 amide bonds. The van der Waals surface area contributed by atoms with Crippen molar-refractivity contribution in [1.82, 2.24) is 9.88 Å². The number of esters is 1. The fourth-order valence-corrected chi connectivity index (χ4v) is 3.43. The second kappa shape index (κ2) is 9.45. The van der Waals surface area contributed by atoms with Crippen LogP contribution in [-0.4, -0.2) is 55.6 Å². The summed E-state index contributed by atoms with van der Waals surface area (Å²) in [6.45, 7) is 1.41. The van der Waals surface area contributed by atoms with Crippen molar-refractivity contribution in [2.45, 2.75) is 31.9 Å². The monoisotopic (exact) mass is 421 g/mol. The fourth-order valence-electron chi connectivity index (χ4n) is 3.14. The van der Waals surface area contributed by atoms with Crippen LogP contribution in [0.25, 0.3) is 0 Å². The lowest BCUT2D eigenvalue weighted by atomic mass is 9.95. The van der Waals surface area contributed by atoms with Crippen LogP contribution in [0, 0.1) is 5.92 Å². The number of pyridine rings is 1. The SMILES string of the molecule is COC(=O)CCCN(C)C(=O)C1CCN(c2ncc(C(F)(F)F)cc2Cl)CC1. The Morgan fingerprint density at radius 3 is 2.54 bits per heavy atom. The van der Waals surface area contributed by atoms with E-state index in [2.05, 4.69) is 9.72 Å². The molecule has 1 aromatic heterocycles. The number of halogens is 4. The molecule has 0 N–H and O–H groups in total. The number of hydrogen-bond acceptors (Lipinski definition) is 5. The Labute approximate surface area is 166 Å². The Kier molecular flexibility index (Phi) is 7.51. The van der Waals surface area contributed by atoms with E-state index in [0.29, 0.717) is 44.7 Å². The molecule has 0 spiro atoms. The maximum absolute atomic E-state index is 12.7. The summed E-state index contributed by atoms with van der Waals surface area (Å²) in [4.78, 5) is 30.9. The van der Waals surface area contributed by atoms with Gasteiger partial charge in [-0.15, -0.1) is 0 Å². The van der Waals surface area contributed by atoms with Gasteiger partial charge in [-0.05, 0) is 25.3 Å². The largest absolute Gasteiger partial charge is 0.469 e. The highest BCUT2D eigenvalue weighted by Gasteiger charge is 2.33. The van der Waals surface area contributed by atoms with E-state index in [0.717, 1.165) is 12.3 Å². The highest BCUT2D eigenvalue weighted by molar-refractivity contribution is 6.33. The third-order valence-electron chi connectivity index (χ3n) is 4.77. The number of carbonyl (C=O) groups is 2. The van der Waals surface area contributed by atoms with Crippen molar-refractivity contribution in [2.75, 3.05) is 38.7 Å². The van der Waals surface area contributed by atoms with Gasteiger partial charge in [-0.3, -0.25) is 9.59 Å². The molecule has 0 bridgehead atoms. The molecule has 0 radical (unpaired) electrons. The molecule has 6 nitrogen and oxygen atoms in total. The van der Waals surface area contributed by atoms with E-state index in [1.165, 1.54) is 7.11 Å². The fraction of sp³-hybridized carbons (Fsp3) is 0.611. The van der Waals surface area contributed by atoms with Crippen molar-refractivity contribution in [3.63, 3.8) is 0 Å². The lowest BCUT2D eigenvalue weighted by Crippen LogP contribution is -2.42. The minimum Gasteiger partial charge on any atom is -0.469 e. The number of aromatic nitrogens is 1. The van der Waals surface area contributed by atoms with E-state index in [9.17, 15) is 22.8 Å². The van der Waals surface area contributed by atoms with Crippen LogP contribution in [0.3, 0.4) is 0 Å². The molecule has 0 saturated carbocycles. The molecule has 1 aromatic rings. The summed E-state index contributed by atoms with van der Waals surface area (Å²) in [5, 5.41) is -0.0560. The van der Waals surface area contributed by atoms with Gasteiger partial charge in [-0.1, -0.05) is 11.6 Å². The van der Waals surface area contributed by atoms with Gasteiger partial charge in [0.2, 0.25) is 5.91 Å². The smallest absolute Gasteiger partial charge is 0.417 e. The van der Waals surface area contributed by atoms with Crippen LogP contribution >= 0.6 is 11.6 Å². The Morgan fingerprint density at radius 1 is 1.36 bits per heavy atom. The predicted octanol–water partition coefficient (Wildman–Crippen LogP) is 3.38. The first kappa shape index (κ1) is 22.3.